The number of rotatable bonds is 31. The summed E-state index contributed by atoms with van der Waals surface area (Å²) in [5, 5.41) is 18.9. The van der Waals surface area contributed by atoms with Gasteiger partial charge in [-0.1, -0.05) is 207 Å². The van der Waals surface area contributed by atoms with Gasteiger partial charge in [-0.15, -0.1) is 0 Å². The van der Waals surface area contributed by atoms with E-state index in [1.54, 1.807) is 0 Å². The highest BCUT2D eigenvalue weighted by molar-refractivity contribution is 4.60. The van der Waals surface area contributed by atoms with E-state index < -0.39 is 0 Å². The molecule has 0 unspecified atom stereocenters. The molecule has 0 aromatic carbocycles. The van der Waals surface area contributed by atoms with E-state index in [9.17, 15) is 5.11 Å². The first kappa shape index (κ1) is 42.1. The highest BCUT2D eigenvalue weighted by Gasteiger charge is 2.07. The highest BCUT2D eigenvalue weighted by atomic mass is 16.3. The maximum Gasteiger partial charge on any atom is 0.0563 e. The Kier molecular flexibility index (Phi) is 38.8. The molecule has 2 atom stereocenters. The van der Waals surface area contributed by atoms with Crippen molar-refractivity contribution >= 4 is 0 Å². The first-order valence-corrected chi connectivity index (χ1v) is 18.8. The van der Waals surface area contributed by atoms with Gasteiger partial charge >= 0.3 is 0 Å². The zero-order valence-electron chi connectivity index (χ0n) is 28.8. The van der Waals surface area contributed by atoms with E-state index in [-0.39, 0.29) is 12.2 Å². The lowest BCUT2D eigenvalue weighted by Crippen LogP contribution is -2.13. The maximum absolute atomic E-state index is 9.72. The van der Waals surface area contributed by atoms with Crippen LogP contribution in [0.4, 0.5) is 0 Å². The van der Waals surface area contributed by atoms with Gasteiger partial charge < -0.3 is 10.2 Å². The minimum absolute atomic E-state index is 0.0812. The average Bonchev–Trinajstić information content (AvgIpc) is 2.93. The van der Waals surface area contributed by atoms with Crippen LogP contribution in [0.15, 0.2) is 0 Å². The minimum Gasteiger partial charge on any atom is -0.393 e. The second-order valence-corrected chi connectivity index (χ2v) is 13.4. The van der Waals surface area contributed by atoms with Gasteiger partial charge in [0.05, 0.1) is 12.2 Å². The molecule has 0 spiro atoms. The van der Waals surface area contributed by atoms with E-state index >= 15 is 0 Å². The molecule has 2 N–H and O–H groups in total. The third kappa shape index (κ3) is 40.1. The van der Waals surface area contributed by atoms with Gasteiger partial charge in [0, 0.05) is 0 Å². The fourth-order valence-electron chi connectivity index (χ4n) is 5.52. The molecule has 0 saturated carbocycles. The van der Waals surface area contributed by atoms with Crippen molar-refractivity contribution in [1.82, 2.24) is 0 Å². The molecule has 2 nitrogen and oxygen atoms in total. The summed E-state index contributed by atoms with van der Waals surface area (Å²) in [5.74, 6) is 0.423. The maximum atomic E-state index is 9.72. The van der Waals surface area contributed by atoms with Crippen LogP contribution in [0.25, 0.3) is 0 Å². The van der Waals surface area contributed by atoms with Gasteiger partial charge in [0.15, 0.2) is 0 Å². The summed E-state index contributed by atoms with van der Waals surface area (Å²) in [5.41, 5.74) is 0. The molecule has 0 aromatic heterocycles. The molecule has 0 rings (SSSR count). The Hall–Kier alpha value is -0.0800. The van der Waals surface area contributed by atoms with Crippen molar-refractivity contribution in [2.24, 2.45) is 5.92 Å². The highest BCUT2D eigenvalue weighted by Crippen LogP contribution is 2.16. The van der Waals surface area contributed by atoms with Crippen LogP contribution in [-0.2, 0) is 0 Å². The summed E-state index contributed by atoms with van der Waals surface area (Å²) in [4.78, 5) is 0. The summed E-state index contributed by atoms with van der Waals surface area (Å²) >= 11 is 0. The van der Waals surface area contributed by atoms with Crippen molar-refractivity contribution in [2.45, 2.75) is 239 Å². The van der Waals surface area contributed by atoms with Crippen LogP contribution in [0.3, 0.4) is 0 Å². The van der Waals surface area contributed by atoms with Crippen molar-refractivity contribution < 1.29 is 10.2 Å². The van der Waals surface area contributed by atoms with Crippen molar-refractivity contribution in [3.05, 3.63) is 0 Å². The smallest absolute Gasteiger partial charge is 0.0563 e. The van der Waals surface area contributed by atoms with Gasteiger partial charge in [-0.05, 0) is 25.7 Å². The van der Waals surface area contributed by atoms with E-state index in [0.717, 1.165) is 12.8 Å². The van der Waals surface area contributed by atoms with Crippen LogP contribution in [0.1, 0.15) is 227 Å². The normalized spacial score (nSPS) is 12.9. The molecule has 40 heavy (non-hydrogen) atoms. The third-order valence-electron chi connectivity index (χ3n) is 8.60. The largest absolute Gasteiger partial charge is 0.393 e. The molecule has 0 aromatic rings. The molecule has 0 radical (unpaired) electrons. The number of aliphatic hydroxyl groups excluding tert-OH is 2. The predicted molar refractivity (Wildman–Crippen MR) is 182 cm³/mol. The lowest BCUT2D eigenvalue weighted by molar-refractivity contribution is 0.113. The van der Waals surface area contributed by atoms with Gasteiger partial charge in [-0.2, -0.15) is 0 Å². The molecule has 0 aliphatic rings. The second-order valence-electron chi connectivity index (χ2n) is 13.4. The van der Waals surface area contributed by atoms with E-state index in [0.29, 0.717) is 5.92 Å². The topological polar surface area (TPSA) is 40.5 Å². The van der Waals surface area contributed by atoms with Crippen LogP contribution in [0, 0.1) is 5.92 Å². The van der Waals surface area contributed by atoms with Crippen LogP contribution in [-0.4, -0.2) is 22.4 Å². The van der Waals surface area contributed by atoms with Gasteiger partial charge in [0.25, 0.3) is 0 Å². The SMILES string of the molecule is CCCCCCCCCCCCCCCC[C@@H](C)O.CCCCCCCCCCCCCCCC[C@@H](O)C(C)C. The fourth-order valence-corrected chi connectivity index (χ4v) is 5.52. The molecule has 0 aliphatic carbocycles. The minimum atomic E-state index is -0.0997. The number of hydrogen-bond donors (Lipinski definition) is 2. The fraction of sp³-hybridized carbons (Fsp3) is 1.00. The molecule has 0 aliphatic heterocycles. The molecule has 244 valence electrons. The van der Waals surface area contributed by atoms with Gasteiger partial charge in [-0.3, -0.25) is 0 Å². The van der Waals surface area contributed by atoms with Crippen molar-refractivity contribution in [3.8, 4) is 0 Å². The van der Waals surface area contributed by atoms with Crippen molar-refractivity contribution in [1.29, 1.82) is 0 Å². The van der Waals surface area contributed by atoms with Crippen LogP contribution >= 0.6 is 0 Å². The van der Waals surface area contributed by atoms with Crippen LogP contribution in [0.2, 0.25) is 0 Å². The van der Waals surface area contributed by atoms with Crippen molar-refractivity contribution in [2.75, 3.05) is 0 Å². The zero-order valence-corrected chi connectivity index (χ0v) is 28.8. The van der Waals surface area contributed by atoms with E-state index in [2.05, 4.69) is 27.7 Å². The lowest BCUT2D eigenvalue weighted by atomic mass is 10.00. The molecule has 0 saturated heterocycles. The molecule has 0 fully saturated rings. The van der Waals surface area contributed by atoms with Crippen molar-refractivity contribution in [3.63, 3.8) is 0 Å². The molecule has 0 heterocycles. The number of unbranched alkanes of at least 4 members (excludes halogenated alkanes) is 26. The standard InChI is InChI=1S/C20H42O.C18H38O/c1-4-5-6-7-8-9-10-11-12-13-14-15-16-17-18-20(21)19(2)3;1-3-4-5-6-7-8-9-10-11-12-13-14-15-16-17-18(2)19/h19-21H,4-18H2,1-3H3;18-19H,3-17H2,1-2H3/t20-;18-/m11/s1. The first-order chi connectivity index (χ1) is 19.5. The Morgan fingerprint density at radius 3 is 0.775 bits per heavy atom. The molecular formula is C38H80O2. The van der Waals surface area contributed by atoms with E-state index in [1.165, 1.54) is 180 Å². The van der Waals surface area contributed by atoms with Gasteiger partial charge in [0.1, 0.15) is 0 Å². The summed E-state index contributed by atoms with van der Waals surface area (Å²) in [6.45, 7) is 10.7. The zero-order chi connectivity index (χ0) is 29.9. The van der Waals surface area contributed by atoms with Gasteiger partial charge in [-0.25, -0.2) is 0 Å². The quantitative estimate of drug-likeness (QED) is 0.0816. The Labute approximate surface area is 255 Å². The number of hydrogen-bond acceptors (Lipinski definition) is 2. The average molecular weight is 569 g/mol. The first-order valence-electron chi connectivity index (χ1n) is 18.8. The summed E-state index contributed by atoms with van der Waals surface area (Å²) in [6.07, 6.45) is 41.0. The lowest BCUT2D eigenvalue weighted by Gasteiger charge is -2.13. The molecular weight excluding hydrogens is 488 g/mol. The Bertz CT molecular complexity index is 420. The Morgan fingerprint density at radius 1 is 0.325 bits per heavy atom. The van der Waals surface area contributed by atoms with Crippen LogP contribution in [0.5, 0.6) is 0 Å². The number of aliphatic hydroxyl groups is 2. The van der Waals surface area contributed by atoms with E-state index in [4.69, 9.17) is 5.11 Å². The van der Waals surface area contributed by atoms with E-state index in [1.807, 2.05) is 6.92 Å². The van der Waals surface area contributed by atoms with Crippen LogP contribution < -0.4 is 0 Å². The predicted octanol–water partition coefficient (Wildman–Crippen LogP) is 13.1. The Balaban J connectivity index is 0. The molecule has 2 heteroatoms. The second kappa shape index (κ2) is 36.9. The summed E-state index contributed by atoms with van der Waals surface area (Å²) in [7, 11) is 0. The molecule has 0 bridgehead atoms. The molecule has 0 amide bonds. The third-order valence-corrected chi connectivity index (χ3v) is 8.60. The van der Waals surface area contributed by atoms with Gasteiger partial charge in [0.2, 0.25) is 0 Å². The summed E-state index contributed by atoms with van der Waals surface area (Å²) < 4.78 is 0. The monoisotopic (exact) mass is 569 g/mol. The summed E-state index contributed by atoms with van der Waals surface area (Å²) in [6, 6.07) is 0. The Morgan fingerprint density at radius 2 is 0.550 bits per heavy atom.